The Hall–Kier alpha value is -2.21. The maximum Gasteiger partial charge on any atom is 0.338 e. The summed E-state index contributed by atoms with van der Waals surface area (Å²) in [6.07, 6.45) is 9.93. The van der Waals surface area contributed by atoms with E-state index in [-0.39, 0.29) is 11.3 Å². The Bertz CT molecular complexity index is 615. The zero-order valence-corrected chi connectivity index (χ0v) is 16.5. The normalized spacial score (nSPS) is 10.6. The van der Waals surface area contributed by atoms with Gasteiger partial charge in [-0.2, -0.15) is 0 Å². The number of unbranched alkanes of at least 4 members (excludes halogenated alkanes) is 6. The van der Waals surface area contributed by atoms with E-state index in [1.165, 1.54) is 18.2 Å². The first-order chi connectivity index (χ1) is 13.5. The van der Waals surface area contributed by atoms with Crippen molar-refractivity contribution in [3.63, 3.8) is 0 Å². The van der Waals surface area contributed by atoms with E-state index in [2.05, 4.69) is 6.58 Å². The van der Waals surface area contributed by atoms with Crippen LogP contribution in [0.4, 0.5) is 4.39 Å². The first-order valence-electron chi connectivity index (χ1n) is 9.93. The fourth-order valence-electron chi connectivity index (χ4n) is 2.67. The van der Waals surface area contributed by atoms with Gasteiger partial charge >= 0.3 is 5.97 Å². The summed E-state index contributed by atoms with van der Waals surface area (Å²) in [4.78, 5) is 21.8. The van der Waals surface area contributed by atoms with Gasteiger partial charge in [-0.3, -0.25) is 4.79 Å². The molecule has 0 aliphatic rings. The molecule has 0 saturated carbocycles. The van der Waals surface area contributed by atoms with Crippen molar-refractivity contribution in [3.8, 4) is 5.75 Å². The number of ether oxygens (including phenoxy) is 2. The number of benzene rings is 1. The second kappa shape index (κ2) is 14.8. The summed E-state index contributed by atoms with van der Waals surface area (Å²) in [5, 5.41) is 8.78. The molecular weight excluding hydrogens is 363 g/mol. The van der Waals surface area contributed by atoms with Crippen LogP contribution < -0.4 is 4.74 Å². The standard InChI is InChI=1S/C22H31FO5/c1-2-18(24)11-7-3-4-8-14-27-15-9-5-6-10-16-28-19-12-13-20(22(25)26)21(23)17-19/h2,12-13,17H,1,3-11,14-16H2,(H,25,26). The van der Waals surface area contributed by atoms with Gasteiger partial charge in [0.1, 0.15) is 11.6 Å². The number of rotatable bonds is 17. The van der Waals surface area contributed by atoms with Crippen molar-refractivity contribution >= 4 is 11.8 Å². The SMILES string of the molecule is C=CC(=O)CCCCCCOCCCCCCOc1ccc(C(=O)O)c(F)c1. The first-order valence-corrected chi connectivity index (χ1v) is 9.93. The molecule has 28 heavy (non-hydrogen) atoms. The van der Waals surface area contributed by atoms with Crippen LogP contribution in [0.5, 0.6) is 5.75 Å². The van der Waals surface area contributed by atoms with E-state index >= 15 is 0 Å². The highest BCUT2D eigenvalue weighted by Gasteiger charge is 2.10. The van der Waals surface area contributed by atoms with E-state index in [0.717, 1.165) is 70.6 Å². The number of carbonyl (C=O) groups excluding carboxylic acids is 1. The van der Waals surface area contributed by atoms with Gasteiger partial charge in [0.05, 0.1) is 12.2 Å². The van der Waals surface area contributed by atoms with Gasteiger partial charge in [0.15, 0.2) is 5.78 Å². The highest BCUT2D eigenvalue weighted by Crippen LogP contribution is 2.17. The van der Waals surface area contributed by atoms with Gasteiger partial charge in [0, 0.05) is 25.7 Å². The van der Waals surface area contributed by atoms with Gasteiger partial charge < -0.3 is 14.6 Å². The second-order valence-corrected chi connectivity index (χ2v) is 6.66. The molecule has 0 unspecified atom stereocenters. The topological polar surface area (TPSA) is 72.8 Å². The highest BCUT2D eigenvalue weighted by atomic mass is 19.1. The van der Waals surface area contributed by atoms with Crippen LogP contribution in [0.2, 0.25) is 0 Å². The van der Waals surface area contributed by atoms with Gasteiger partial charge in [0.2, 0.25) is 0 Å². The van der Waals surface area contributed by atoms with Gasteiger partial charge in [0.25, 0.3) is 0 Å². The highest BCUT2D eigenvalue weighted by molar-refractivity contribution is 5.89. The van der Waals surface area contributed by atoms with Gasteiger partial charge in [-0.05, 0) is 50.3 Å². The Morgan fingerprint density at radius 1 is 0.964 bits per heavy atom. The smallest absolute Gasteiger partial charge is 0.338 e. The van der Waals surface area contributed by atoms with Crippen LogP contribution in [0.15, 0.2) is 30.9 Å². The van der Waals surface area contributed by atoms with Crippen LogP contribution >= 0.6 is 0 Å². The van der Waals surface area contributed by atoms with Crippen molar-refractivity contribution in [1.82, 2.24) is 0 Å². The quantitative estimate of drug-likeness (QED) is 0.291. The third-order valence-electron chi connectivity index (χ3n) is 4.31. The minimum atomic E-state index is -1.29. The molecule has 0 bridgehead atoms. The number of hydrogen-bond donors (Lipinski definition) is 1. The van der Waals surface area contributed by atoms with Crippen LogP contribution in [0.1, 0.15) is 68.1 Å². The van der Waals surface area contributed by atoms with E-state index < -0.39 is 11.8 Å². The summed E-state index contributed by atoms with van der Waals surface area (Å²) >= 11 is 0. The van der Waals surface area contributed by atoms with E-state index in [1.807, 2.05) is 0 Å². The molecular formula is C22H31FO5. The van der Waals surface area contributed by atoms with E-state index in [4.69, 9.17) is 14.6 Å². The van der Waals surface area contributed by atoms with Crippen LogP contribution in [0, 0.1) is 5.82 Å². The molecule has 6 heteroatoms. The molecule has 5 nitrogen and oxygen atoms in total. The predicted octanol–water partition coefficient (Wildman–Crippen LogP) is 5.19. The zero-order chi connectivity index (χ0) is 20.6. The molecule has 0 radical (unpaired) electrons. The number of hydrogen-bond acceptors (Lipinski definition) is 4. The molecule has 0 amide bonds. The maximum absolute atomic E-state index is 13.5. The number of carboxylic acids is 1. The summed E-state index contributed by atoms with van der Waals surface area (Å²) in [5.74, 6) is -1.61. The molecule has 156 valence electrons. The van der Waals surface area contributed by atoms with Crippen molar-refractivity contribution in [2.24, 2.45) is 0 Å². The summed E-state index contributed by atoms with van der Waals surface area (Å²) < 4.78 is 24.6. The number of aromatic carboxylic acids is 1. The second-order valence-electron chi connectivity index (χ2n) is 6.66. The van der Waals surface area contributed by atoms with Crippen LogP contribution in [0.3, 0.4) is 0 Å². The largest absolute Gasteiger partial charge is 0.493 e. The number of carbonyl (C=O) groups is 2. The lowest BCUT2D eigenvalue weighted by Gasteiger charge is -2.07. The summed E-state index contributed by atoms with van der Waals surface area (Å²) in [6, 6.07) is 3.79. The summed E-state index contributed by atoms with van der Waals surface area (Å²) in [7, 11) is 0. The number of halogens is 1. The van der Waals surface area contributed by atoms with Gasteiger partial charge in [-0.15, -0.1) is 0 Å². The Morgan fingerprint density at radius 3 is 2.14 bits per heavy atom. The number of carboxylic acid groups (broad SMARTS) is 1. The van der Waals surface area contributed by atoms with E-state index in [1.54, 1.807) is 0 Å². The van der Waals surface area contributed by atoms with E-state index in [9.17, 15) is 14.0 Å². The van der Waals surface area contributed by atoms with Crippen molar-refractivity contribution in [2.45, 2.75) is 57.8 Å². The molecule has 0 aliphatic carbocycles. The number of ketones is 1. The molecule has 1 N–H and O–H groups in total. The van der Waals surface area contributed by atoms with Crippen LogP contribution in [-0.2, 0) is 9.53 Å². The molecule has 0 fully saturated rings. The lowest BCUT2D eigenvalue weighted by atomic mass is 10.1. The third-order valence-corrected chi connectivity index (χ3v) is 4.31. The van der Waals surface area contributed by atoms with Crippen molar-refractivity contribution in [1.29, 1.82) is 0 Å². The predicted molar refractivity (Wildman–Crippen MR) is 106 cm³/mol. The van der Waals surface area contributed by atoms with E-state index in [0.29, 0.717) is 18.8 Å². The molecule has 0 aromatic heterocycles. The molecule has 1 aromatic carbocycles. The first kappa shape index (κ1) is 23.8. The zero-order valence-electron chi connectivity index (χ0n) is 16.5. The molecule has 0 heterocycles. The fraction of sp³-hybridized carbons (Fsp3) is 0.545. The average Bonchev–Trinajstić information content (AvgIpc) is 2.67. The number of allylic oxidation sites excluding steroid dienone is 1. The van der Waals surface area contributed by atoms with Gasteiger partial charge in [-0.1, -0.05) is 25.8 Å². The van der Waals surface area contributed by atoms with Crippen molar-refractivity contribution < 1.29 is 28.6 Å². The Kier molecular flexibility index (Phi) is 12.6. The van der Waals surface area contributed by atoms with Crippen LogP contribution in [0.25, 0.3) is 0 Å². The Balaban J connectivity index is 1.90. The summed E-state index contributed by atoms with van der Waals surface area (Å²) in [6.45, 7) is 5.44. The Morgan fingerprint density at radius 2 is 1.57 bits per heavy atom. The monoisotopic (exact) mass is 394 g/mol. The summed E-state index contributed by atoms with van der Waals surface area (Å²) in [5.41, 5.74) is -0.352. The minimum absolute atomic E-state index is 0.116. The molecule has 0 atom stereocenters. The molecule has 0 aliphatic heterocycles. The maximum atomic E-state index is 13.5. The molecule has 1 aromatic rings. The van der Waals surface area contributed by atoms with Gasteiger partial charge in [-0.25, -0.2) is 9.18 Å². The van der Waals surface area contributed by atoms with Crippen molar-refractivity contribution in [2.75, 3.05) is 19.8 Å². The van der Waals surface area contributed by atoms with Crippen LogP contribution in [-0.4, -0.2) is 36.7 Å². The minimum Gasteiger partial charge on any atom is -0.493 e. The molecule has 1 rings (SSSR count). The lowest BCUT2D eigenvalue weighted by molar-refractivity contribution is -0.114. The average molecular weight is 394 g/mol. The fourth-order valence-corrected chi connectivity index (χ4v) is 2.67. The Labute approximate surface area is 166 Å². The lowest BCUT2D eigenvalue weighted by Crippen LogP contribution is -2.02. The molecule has 0 spiro atoms. The third kappa shape index (κ3) is 10.8. The van der Waals surface area contributed by atoms with Crippen molar-refractivity contribution in [3.05, 3.63) is 42.2 Å². The molecule has 0 saturated heterocycles.